The first-order valence-corrected chi connectivity index (χ1v) is 11.6. The molecule has 0 aliphatic rings. The van der Waals surface area contributed by atoms with Gasteiger partial charge in [0.05, 0.1) is 6.61 Å². The molecule has 0 aliphatic heterocycles. The van der Waals surface area contributed by atoms with Gasteiger partial charge in [-0.15, -0.1) is 0 Å². The smallest absolute Gasteiger partial charge is 0.353 e. The lowest BCUT2D eigenvalue weighted by molar-refractivity contribution is -0.129. The van der Waals surface area contributed by atoms with Gasteiger partial charge in [-0.3, -0.25) is 0 Å². The fourth-order valence-corrected chi connectivity index (χ4v) is 2.83. The second kappa shape index (κ2) is 14.2. The number of carboxylic acid groups (broad SMARTS) is 1. The van der Waals surface area contributed by atoms with Crippen molar-refractivity contribution in [3.63, 3.8) is 0 Å². The number of nitrogens with two attached hydrogens (primary N) is 1. The lowest BCUT2D eigenvalue weighted by Gasteiger charge is -2.18. The second-order valence-electron chi connectivity index (χ2n) is 10.2. The number of oxime groups is 1. The van der Waals surface area contributed by atoms with Crippen LogP contribution >= 0.6 is 0 Å². The molecule has 3 N–H and O–H groups in total. The van der Waals surface area contributed by atoms with Gasteiger partial charge in [0.25, 0.3) is 0 Å². The Morgan fingerprint density at radius 1 is 0.829 bits per heavy atom. The van der Waals surface area contributed by atoms with Crippen LogP contribution in [0.25, 0.3) is 12.2 Å². The second-order valence-corrected chi connectivity index (χ2v) is 10.2. The molecule has 0 amide bonds. The fraction of sp³-hybridized carbons (Fsp3) is 0.379. The zero-order valence-corrected chi connectivity index (χ0v) is 22.0. The minimum Gasteiger partial charge on any atom is -0.477 e. The minimum atomic E-state index is -1.08. The summed E-state index contributed by atoms with van der Waals surface area (Å²) in [7, 11) is 0. The van der Waals surface area contributed by atoms with Gasteiger partial charge in [0, 0.05) is 0 Å². The summed E-state index contributed by atoms with van der Waals surface area (Å²) in [5.41, 5.74) is 5.16. The van der Waals surface area contributed by atoms with Crippen molar-refractivity contribution in [1.29, 1.82) is 0 Å². The van der Waals surface area contributed by atoms with Crippen LogP contribution in [0.15, 0.2) is 65.8 Å². The van der Waals surface area contributed by atoms with E-state index >= 15 is 0 Å². The van der Waals surface area contributed by atoms with Crippen molar-refractivity contribution in [2.24, 2.45) is 11.1 Å². The summed E-state index contributed by atoms with van der Waals surface area (Å²) < 4.78 is 0. The van der Waals surface area contributed by atoms with Crippen molar-refractivity contribution in [1.82, 2.24) is 0 Å². The van der Waals surface area contributed by atoms with E-state index in [2.05, 4.69) is 87.9 Å². The van der Waals surface area contributed by atoms with E-state index in [1.54, 1.807) is 6.08 Å². The molecule has 6 nitrogen and oxygen atoms in total. The van der Waals surface area contributed by atoms with Crippen LogP contribution in [-0.2, 0) is 25.3 Å². The third kappa shape index (κ3) is 12.2. The molecule has 0 saturated carbocycles. The van der Waals surface area contributed by atoms with Crippen molar-refractivity contribution in [2.45, 2.75) is 59.3 Å². The van der Waals surface area contributed by atoms with E-state index in [9.17, 15) is 4.79 Å². The number of hydrogen-bond acceptors (Lipinski definition) is 5. The van der Waals surface area contributed by atoms with Gasteiger partial charge in [0.15, 0.2) is 5.71 Å². The van der Waals surface area contributed by atoms with E-state index in [0.29, 0.717) is 6.61 Å². The maximum atomic E-state index is 10.5. The van der Waals surface area contributed by atoms with Crippen molar-refractivity contribution >= 4 is 23.8 Å². The monoisotopic (exact) mass is 480 g/mol. The zero-order chi connectivity index (χ0) is 26.5. The summed E-state index contributed by atoms with van der Waals surface area (Å²) in [6.45, 7) is 15.2. The Balaban J connectivity index is 0.000000365. The zero-order valence-electron chi connectivity index (χ0n) is 22.0. The van der Waals surface area contributed by atoms with Crippen LogP contribution < -0.4 is 5.90 Å². The molecule has 0 saturated heterocycles. The molecule has 2 aromatic carbocycles. The average Bonchev–Trinajstić information content (AvgIpc) is 2.79. The molecule has 0 bridgehead atoms. The maximum absolute atomic E-state index is 10.5. The molecule has 2 aromatic rings. The van der Waals surface area contributed by atoms with Gasteiger partial charge in [0.2, 0.25) is 0 Å². The van der Waals surface area contributed by atoms with E-state index in [1.165, 1.54) is 23.6 Å². The molecule has 2 rings (SSSR count). The van der Waals surface area contributed by atoms with Crippen LogP contribution in [0.2, 0.25) is 0 Å². The van der Waals surface area contributed by atoms with Crippen LogP contribution in [0, 0.1) is 0 Å². The van der Waals surface area contributed by atoms with E-state index in [0.717, 1.165) is 5.56 Å². The predicted octanol–water partition coefficient (Wildman–Crippen LogP) is 6.36. The normalized spacial score (nSPS) is 12.5. The Morgan fingerprint density at radius 2 is 1.23 bits per heavy atom. The number of nitrogens with zero attached hydrogens (tertiary/aromatic N) is 1. The fourth-order valence-electron chi connectivity index (χ4n) is 2.83. The third-order valence-corrected chi connectivity index (χ3v) is 5.05. The highest BCUT2D eigenvalue weighted by molar-refractivity contribution is 6.34. The maximum Gasteiger partial charge on any atom is 0.353 e. The Morgan fingerprint density at radius 3 is 1.57 bits per heavy atom. The first-order chi connectivity index (χ1) is 16.3. The molecule has 190 valence electrons. The van der Waals surface area contributed by atoms with Gasteiger partial charge in [-0.05, 0) is 46.1 Å². The number of hydrogen-bond donors (Lipinski definition) is 2. The molecule has 0 unspecified atom stereocenters. The van der Waals surface area contributed by atoms with Crippen LogP contribution in [0.3, 0.4) is 0 Å². The summed E-state index contributed by atoms with van der Waals surface area (Å²) in [5.74, 6) is 3.85. The molecule has 35 heavy (non-hydrogen) atoms. The lowest BCUT2D eigenvalue weighted by atomic mass is 9.87. The van der Waals surface area contributed by atoms with Crippen LogP contribution in [0.5, 0.6) is 0 Å². The molecule has 0 aliphatic carbocycles. The van der Waals surface area contributed by atoms with E-state index < -0.39 is 5.97 Å². The number of carbonyl (C=O) groups is 1. The Labute approximate surface area is 210 Å². The quantitative estimate of drug-likeness (QED) is 0.260. The van der Waals surface area contributed by atoms with E-state index in [1.807, 2.05) is 30.4 Å². The Kier molecular flexibility index (Phi) is 12.1. The van der Waals surface area contributed by atoms with Crippen LogP contribution in [-0.4, -0.2) is 30.0 Å². The highest BCUT2D eigenvalue weighted by atomic mass is 16.6. The number of aliphatic carboxylic acids is 1. The first-order valence-electron chi connectivity index (χ1n) is 11.6. The third-order valence-electron chi connectivity index (χ3n) is 5.05. The molecule has 0 heterocycles. The molecule has 0 radical (unpaired) electrons. The van der Waals surface area contributed by atoms with Gasteiger partial charge in [0.1, 0.15) is 6.61 Å². The van der Waals surface area contributed by atoms with Crippen molar-refractivity contribution in [3.05, 3.63) is 82.9 Å². The van der Waals surface area contributed by atoms with Crippen LogP contribution in [0.4, 0.5) is 0 Å². The molecule has 6 heteroatoms. The number of rotatable bonds is 8. The van der Waals surface area contributed by atoms with Gasteiger partial charge in [-0.2, -0.15) is 0 Å². The lowest BCUT2D eigenvalue weighted by Crippen LogP contribution is -2.10. The SMILES string of the molecule is C/C(=N/OC/C=C/c1ccc(C(C)(C)C)cc1)C(=O)O.CC(C)(C)c1ccc(/C=C/CON)cc1. The summed E-state index contributed by atoms with van der Waals surface area (Å²) >= 11 is 0. The van der Waals surface area contributed by atoms with E-state index in [4.69, 9.17) is 15.8 Å². The highest BCUT2D eigenvalue weighted by Crippen LogP contribution is 2.23. The van der Waals surface area contributed by atoms with Gasteiger partial charge >= 0.3 is 5.97 Å². The van der Waals surface area contributed by atoms with Crippen molar-refractivity contribution in [2.75, 3.05) is 13.2 Å². The van der Waals surface area contributed by atoms with Gasteiger partial charge in [-0.25, -0.2) is 10.7 Å². The minimum absolute atomic E-state index is 0.0621. The summed E-state index contributed by atoms with van der Waals surface area (Å²) in [6.07, 6.45) is 7.61. The van der Waals surface area contributed by atoms with Crippen molar-refractivity contribution < 1.29 is 19.6 Å². The number of benzene rings is 2. The summed E-state index contributed by atoms with van der Waals surface area (Å²) in [5, 5.41) is 12.0. The summed E-state index contributed by atoms with van der Waals surface area (Å²) in [4.78, 5) is 19.8. The largest absolute Gasteiger partial charge is 0.477 e. The Hall–Kier alpha value is -3.22. The standard InChI is InChI=1S/C16H21NO3.C13H19NO/c1-12(15(18)19)17-20-11-5-6-13-7-9-14(10-8-13)16(2,3)4;1-13(2,3)12-8-6-11(7-9-12)5-4-10-15-14/h5-10H,11H2,1-4H3,(H,18,19);4-9H,10,14H2,1-3H3/b6-5+,17-12-;5-4+. The molecular weight excluding hydrogens is 440 g/mol. The Bertz CT molecular complexity index is 991. The van der Waals surface area contributed by atoms with Gasteiger partial charge in [-0.1, -0.05) is 113 Å². The molecule has 0 atom stereocenters. The van der Waals surface area contributed by atoms with Crippen molar-refractivity contribution in [3.8, 4) is 0 Å². The summed E-state index contributed by atoms with van der Waals surface area (Å²) in [6, 6.07) is 16.8. The molecule has 0 fully saturated rings. The molecule has 0 spiro atoms. The average molecular weight is 481 g/mol. The van der Waals surface area contributed by atoms with Crippen LogP contribution in [0.1, 0.15) is 70.7 Å². The van der Waals surface area contributed by atoms with E-state index in [-0.39, 0.29) is 23.1 Å². The topological polar surface area (TPSA) is 94.1 Å². The number of carboxylic acids is 1. The van der Waals surface area contributed by atoms with Gasteiger partial charge < -0.3 is 14.8 Å². The first kappa shape index (κ1) is 29.8. The molecule has 0 aromatic heterocycles. The molecular formula is C29H40N2O4. The predicted molar refractivity (Wildman–Crippen MR) is 145 cm³/mol. The highest BCUT2D eigenvalue weighted by Gasteiger charge is 2.13.